The number of anilines is 1. The van der Waals surface area contributed by atoms with Crippen LogP contribution in [-0.2, 0) is 14.8 Å². The standard InChI is InChI=1S/C18H24N4O5S2/c1-9-12(4)28-18(14(9)16(19)23)20-17(24)13-5-7-22(8-6-13)29(25,26)15-10(2)21-27-11(15)3/h13H,5-8H2,1-4H3,(H2,19,23)(H,20,24). The van der Waals surface area contributed by atoms with Gasteiger partial charge in [0.25, 0.3) is 5.91 Å². The minimum atomic E-state index is -3.72. The number of amides is 2. The second kappa shape index (κ2) is 7.88. The molecule has 29 heavy (non-hydrogen) atoms. The van der Waals surface area contributed by atoms with E-state index in [-0.39, 0.29) is 35.6 Å². The van der Waals surface area contributed by atoms with Crippen molar-refractivity contribution in [3.63, 3.8) is 0 Å². The fraction of sp³-hybridized carbons (Fsp3) is 0.500. The molecule has 158 valence electrons. The second-order valence-corrected chi connectivity index (χ2v) is 10.3. The predicted octanol–water partition coefficient (Wildman–Crippen LogP) is 2.11. The molecule has 0 radical (unpaired) electrons. The number of aromatic nitrogens is 1. The van der Waals surface area contributed by atoms with E-state index >= 15 is 0 Å². The molecule has 1 aliphatic heterocycles. The number of piperidine rings is 1. The van der Waals surface area contributed by atoms with Crippen LogP contribution in [0.25, 0.3) is 0 Å². The van der Waals surface area contributed by atoms with E-state index in [2.05, 4.69) is 10.5 Å². The van der Waals surface area contributed by atoms with Gasteiger partial charge >= 0.3 is 0 Å². The molecular weight excluding hydrogens is 416 g/mol. The largest absolute Gasteiger partial charge is 0.365 e. The van der Waals surface area contributed by atoms with Crippen molar-refractivity contribution in [2.75, 3.05) is 18.4 Å². The van der Waals surface area contributed by atoms with Crippen molar-refractivity contribution < 1.29 is 22.5 Å². The van der Waals surface area contributed by atoms with E-state index < -0.39 is 15.9 Å². The van der Waals surface area contributed by atoms with E-state index in [1.165, 1.54) is 15.6 Å². The molecule has 0 aliphatic carbocycles. The van der Waals surface area contributed by atoms with E-state index in [4.69, 9.17) is 10.3 Å². The van der Waals surface area contributed by atoms with Crippen molar-refractivity contribution >= 4 is 38.2 Å². The number of hydrogen-bond donors (Lipinski definition) is 2. The first kappa shape index (κ1) is 21.5. The Morgan fingerprint density at radius 3 is 2.34 bits per heavy atom. The number of rotatable bonds is 5. The maximum atomic E-state index is 12.9. The van der Waals surface area contributed by atoms with Crippen molar-refractivity contribution in [2.24, 2.45) is 11.7 Å². The summed E-state index contributed by atoms with van der Waals surface area (Å²) in [6.07, 6.45) is 0.757. The van der Waals surface area contributed by atoms with Crippen molar-refractivity contribution in [2.45, 2.75) is 45.4 Å². The molecule has 0 atom stereocenters. The van der Waals surface area contributed by atoms with Gasteiger partial charge in [-0.15, -0.1) is 11.3 Å². The molecule has 2 amide bonds. The number of hydrogen-bond acceptors (Lipinski definition) is 7. The lowest BCUT2D eigenvalue weighted by Crippen LogP contribution is -2.41. The lowest BCUT2D eigenvalue weighted by Gasteiger charge is -2.30. The molecule has 1 saturated heterocycles. The summed E-state index contributed by atoms with van der Waals surface area (Å²) in [4.78, 5) is 25.4. The molecule has 0 aromatic carbocycles. The Hall–Kier alpha value is -2.24. The monoisotopic (exact) mass is 440 g/mol. The van der Waals surface area contributed by atoms with Crippen LogP contribution in [0.5, 0.6) is 0 Å². The van der Waals surface area contributed by atoms with Gasteiger partial charge in [0.15, 0.2) is 5.76 Å². The fourth-order valence-corrected chi connectivity index (χ4v) is 6.39. The number of nitrogens with one attached hydrogen (secondary N) is 1. The molecular formula is C18H24N4O5S2. The fourth-order valence-electron chi connectivity index (χ4n) is 3.56. The average molecular weight is 441 g/mol. The normalized spacial score (nSPS) is 16.1. The molecule has 0 saturated carbocycles. The number of aryl methyl sites for hydroxylation is 3. The van der Waals surface area contributed by atoms with Crippen LogP contribution >= 0.6 is 11.3 Å². The molecule has 11 heteroatoms. The summed E-state index contributed by atoms with van der Waals surface area (Å²) in [5, 5.41) is 6.97. The van der Waals surface area contributed by atoms with E-state index in [1.807, 2.05) is 6.92 Å². The van der Waals surface area contributed by atoms with Gasteiger partial charge in [-0.3, -0.25) is 9.59 Å². The third kappa shape index (κ3) is 3.94. The third-order valence-electron chi connectivity index (χ3n) is 5.26. The zero-order valence-electron chi connectivity index (χ0n) is 16.7. The number of carbonyl (C=O) groups is 2. The minimum absolute atomic E-state index is 0.0936. The Morgan fingerprint density at radius 2 is 1.83 bits per heavy atom. The smallest absolute Gasteiger partial charge is 0.251 e. The van der Waals surface area contributed by atoms with Gasteiger partial charge in [0, 0.05) is 23.9 Å². The molecule has 3 N–H and O–H groups in total. The molecule has 0 bridgehead atoms. The number of thiophene rings is 1. The highest BCUT2D eigenvalue weighted by atomic mass is 32.2. The zero-order valence-corrected chi connectivity index (χ0v) is 18.4. The van der Waals surface area contributed by atoms with Crippen LogP contribution < -0.4 is 11.1 Å². The molecule has 1 fully saturated rings. The van der Waals surface area contributed by atoms with Gasteiger partial charge in [-0.1, -0.05) is 5.16 Å². The van der Waals surface area contributed by atoms with Gasteiger partial charge in [0.2, 0.25) is 15.9 Å². The Morgan fingerprint density at radius 1 is 1.21 bits per heavy atom. The zero-order chi connectivity index (χ0) is 21.5. The van der Waals surface area contributed by atoms with Crippen molar-refractivity contribution in [3.05, 3.63) is 27.5 Å². The summed E-state index contributed by atoms with van der Waals surface area (Å²) in [5.41, 5.74) is 6.87. The van der Waals surface area contributed by atoms with Gasteiger partial charge in [-0.05, 0) is 46.1 Å². The molecule has 1 aliphatic rings. The summed E-state index contributed by atoms with van der Waals surface area (Å²) in [6.45, 7) is 7.24. The van der Waals surface area contributed by atoms with Gasteiger partial charge in [0.1, 0.15) is 15.6 Å². The first-order chi connectivity index (χ1) is 13.5. The van der Waals surface area contributed by atoms with Crippen molar-refractivity contribution in [1.29, 1.82) is 0 Å². The Balaban J connectivity index is 1.69. The SMILES string of the molecule is Cc1noc(C)c1S(=O)(=O)N1CCC(C(=O)Nc2sc(C)c(C)c2C(N)=O)CC1. The Kier molecular flexibility index (Phi) is 5.84. The number of nitrogens with two attached hydrogens (primary N) is 1. The highest BCUT2D eigenvalue weighted by molar-refractivity contribution is 7.89. The first-order valence-electron chi connectivity index (χ1n) is 9.17. The second-order valence-electron chi connectivity index (χ2n) is 7.17. The number of sulfonamides is 1. The summed E-state index contributed by atoms with van der Waals surface area (Å²) < 4.78 is 32.1. The van der Waals surface area contributed by atoms with E-state index in [1.54, 1.807) is 20.8 Å². The van der Waals surface area contributed by atoms with Gasteiger partial charge < -0.3 is 15.6 Å². The lowest BCUT2D eigenvalue weighted by molar-refractivity contribution is -0.120. The Labute approximate surface area is 173 Å². The molecule has 2 aromatic heterocycles. The summed E-state index contributed by atoms with van der Waals surface area (Å²) in [6, 6.07) is 0. The highest BCUT2D eigenvalue weighted by Gasteiger charge is 2.35. The average Bonchev–Trinajstić information content (AvgIpc) is 3.13. The molecule has 9 nitrogen and oxygen atoms in total. The molecule has 3 heterocycles. The Bertz CT molecular complexity index is 1040. The van der Waals surface area contributed by atoms with Crippen LogP contribution in [0.15, 0.2) is 9.42 Å². The van der Waals surface area contributed by atoms with Crippen LogP contribution in [0.1, 0.15) is 45.1 Å². The van der Waals surface area contributed by atoms with Crippen LogP contribution in [0, 0.1) is 33.6 Å². The number of primary amides is 1. The van der Waals surface area contributed by atoms with Crippen molar-refractivity contribution in [3.8, 4) is 0 Å². The van der Waals surface area contributed by atoms with Gasteiger partial charge in [0.05, 0.1) is 5.56 Å². The van der Waals surface area contributed by atoms with Crippen LogP contribution in [-0.4, -0.2) is 42.8 Å². The quantitative estimate of drug-likeness (QED) is 0.731. The number of nitrogens with zero attached hydrogens (tertiary/aromatic N) is 2. The van der Waals surface area contributed by atoms with Gasteiger partial charge in [-0.2, -0.15) is 4.31 Å². The molecule has 0 unspecified atom stereocenters. The van der Waals surface area contributed by atoms with Gasteiger partial charge in [-0.25, -0.2) is 8.42 Å². The van der Waals surface area contributed by atoms with Crippen LogP contribution in [0.3, 0.4) is 0 Å². The number of carbonyl (C=O) groups excluding carboxylic acids is 2. The van der Waals surface area contributed by atoms with Crippen LogP contribution in [0.2, 0.25) is 0 Å². The predicted molar refractivity (Wildman–Crippen MR) is 108 cm³/mol. The summed E-state index contributed by atoms with van der Waals surface area (Å²) in [5.74, 6) is -0.912. The minimum Gasteiger partial charge on any atom is -0.365 e. The first-order valence-corrected chi connectivity index (χ1v) is 11.4. The molecule has 0 spiro atoms. The van der Waals surface area contributed by atoms with E-state index in [9.17, 15) is 18.0 Å². The summed E-state index contributed by atoms with van der Waals surface area (Å²) in [7, 11) is -3.72. The molecule has 2 aromatic rings. The van der Waals surface area contributed by atoms with Crippen LogP contribution in [0.4, 0.5) is 5.00 Å². The topological polar surface area (TPSA) is 136 Å². The third-order valence-corrected chi connectivity index (χ3v) is 8.53. The van der Waals surface area contributed by atoms with Crippen molar-refractivity contribution in [1.82, 2.24) is 9.46 Å². The summed E-state index contributed by atoms with van der Waals surface area (Å²) >= 11 is 1.31. The maximum absolute atomic E-state index is 12.9. The lowest BCUT2D eigenvalue weighted by atomic mass is 9.97. The highest BCUT2D eigenvalue weighted by Crippen LogP contribution is 2.33. The van der Waals surface area contributed by atoms with E-state index in [0.29, 0.717) is 29.1 Å². The molecule has 3 rings (SSSR count). The maximum Gasteiger partial charge on any atom is 0.251 e. The van der Waals surface area contributed by atoms with E-state index in [0.717, 1.165) is 10.4 Å².